The Hall–Kier alpha value is -3.27. The normalized spacial score (nSPS) is 25.6. The molecule has 214 valence electrons. The Morgan fingerprint density at radius 1 is 1.15 bits per heavy atom. The molecule has 10 heteroatoms. The number of rotatable bonds is 7. The Kier molecular flexibility index (Phi) is 7.37. The molecule has 40 heavy (non-hydrogen) atoms. The summed E-state index contributed by atoms with van der Waals surface area (Å²) in [5.41, 5.74) is 1.81. The molecule has 4 atom stereocenters. The first kappa shape index (κ1) is 26.9. The molecule has 1 aromatic carbocycles. The summed E-state index contributed by atoms with van der Waals surface area (Å²) in [5.74, 6) is 1.33. The summed E-state index contributed by atoms with van der Waals surface area (Å²) in [6.07, 6.45) is 7.82. The van der Waals surface area contributed by atoms with Crippen LogP contribution in [0.5, 0.6) is 0 Å². The first-order valence-electron chi connectivity index (χ1n) is 14.8. The number of amides is 2. The van der Waals surface area contributed by atoms with Crippen molar-refractivity contribution in [1.82, 2.24) is 25.1 Å². The van der Waals surface area contributed by atoms with Gasteiger partial charge in [-0.2, -0.15) is 0 Å². The molecular formula is C30H40FN7O2. The lowest BCUT2D eigenvalue weighted by Crippen LogP contribution is -2.49. The second-order valence-corrected chi connectivity index (χ2v) is 12.0. The van der Waals surface area contributed by atoms with Crippen LogP contribution in [0, 0.1) is 17.7 Å². The van der Waals surface area contributed by atoms with Crippen molar-refractivity contribution in [1.29, 1.82) is 0 Å². The Morgan fingerprint density at radius 3 is 2.73 bits per heavy atom. The van der Waals surface area contributed by atoms with Gasteiger partial charge in [-0.1, -0.05) is 0 Å². The fourth-order valence-electron chi connectivity index (χ4n) is 7.26. The van der Waals surface area contributed by atoms with E-state index >= 15 is 0 Å². The first-order chi connectivity index (χ1) is 19.3. The highest BCUT2D eigenvalue weighted by Gasteiger charge is 2.45. The van der Waals surface area contributed by atoms with Gasteiger partial charge in [0.25, 0.3) is 5.91 Å². The molecule has 4 unspecified atom stereocenters. The number of nitrogens with zero attached hydrogens (tertiary/aromatic N) is 6. The van der Waals surface area contributed by atoms with Crippen LogP contribution in [-0.2, 0) is 4.79 Å². The predicted octanol–water partition coefficient (Wildman–Crippen LogP) is 3.43. The summed E-state index contributed by atoms with van der Waals surface area (Å²) in [6, 6.07) is 4.96. The number of likely N-dealkylation sites (tertiary alicyclic amines) is 1. The summed E-state index contributed by atoms with van der Waals surface area (Å²) >= 11 is 0. The highest BCUT2D eigenvalue weighted by atomic mass is 19.1. The molecule has 3 fully saturated rings. The van der Waals surface area contributed by atoms with Crippen molar-refractivity contribution in [3.63, 3.8) is 0 Å². The minimum absolute atomic E-state index is 0.00135. The molecule has 1 N–H and O–H groups in total. The number of nitrogens with one attached hydrogen (secondary N) is 1. The summed E-state index contributed by atoms with van der Waals surface area (Å²) in [7, 11) is 0. The molecule has 3 aliphatic heterocycles. The monoisotopic (exact) mass is 549 g/mol. The van der Waals surface area contributed by atoms with E-state index in [2.05, 4.69) is 25.1 Å². The van der Waals surface area contributed by atoms with Crippen LogP contribution in [-0.4, -0.2) is 89.0 Å². The van der Waals surface area contributed by atoms with Crippen molar-refractivity contribution in [2.75, 3.05) is 49.1 Å². The van der Waals surface area contributed by atoms with Gasteiger partial charge >= 0.3 is 0 Å². The van der Waals surface area contributed by atoms with Crippen LogP contribution in [0.1, 0.15) is 56.8 Å². The SMILES string of the molecule is CCN(C(=O)c1cc(F)ccc1N1CCN(CC2CCN(C(=O)C3NC4CCC3C4)C2)c2ncncc21)C(C)C. The molecule has 9 nitrogen and oxygen atoms in total. The highest BCUT2D eigenvalue weighted by molar-refractivity contribution is 6.01. The summed E-state index contributed by atoms with van der Waals surface area (Å²) in [5, 5.41) is 3.55. The largest absolute Gasteiger partial charge is 0.353 e. The third-order valence-electron chi connectivity index (χ3n) is 9.26. The number of hydrogen-bond donors (Lipinski definition) is 1. The van der Waals surface area contributed by atoms with Crippen LogP contribution in [0.15, 0.2) is 30.7 Å². The van der Waals surface area contributed by atoms with E-state index in [4.69, 9.17) is 0 Å². The first-order valence-corrected chi connectivity index (χ1v) is 14.8. The average molecular weight is 550 g/mol. The van der Waals surface area contributed by atoms with Gasteiger partial charge in [0.2, 0.25) is 5.91 Å². The maximum Gasteiger partial charge on any atom is 0.256 e. The molecular weight excluding hydrogens is 509 g/mol. The second-order valence-electron chi connectivity index (χ2n) is 12.0. The molecule has 2 aromatic rings. The fraction of sp³-hybridized carbons (Fsp3) is 0.600. The molecule has 1 aromatic heterocycles. The number of halogens is 1. The Bertz CT molecular complexity index is 1270. The number of piperidine rings is 1. The van der Waals surface area contributed by atoms with E-state index in [1.165, 1.54) is 25.0 Å². The van der Waals surface area contributed by atoms with E-state index in [-0.39, 0.29) is 23.9 Å². The van der Waals surface area contributed by atoms with Crippen molar-refractivity contribution < 1.29 is 14.0 Å². The van der Waals surface area contributed by atoms with E-state index in [0.29, 0.717) is 48.8 Å². The summed E-state index contributed by atoms with van der Waals surface area (Å²) in [4.78, 5) is 43.8. The molecule has 1 saturated carbocycles. The quantitative estimate of drug-likeness (QED) is 0.567. The highest BCUT2D eigenvalue weighted by Crippen LogP contribution is 2.39. The topological polar surface area (TPSA) is 84.9 Å². The number of anilines is 3. The Morgan fingerprint density at radius 2 is 2.00 bits per heavy atom. The average Bonchev–Trinajstić information content (AvgIpc) is 3.71. The molecule has 2 bridgehead atoms. The molecule has 0 spiro atoms. The molecule has 4 aliphatic rings. The van der Waals surface area contributed by atoms with E-state index in [9.17, 15) is 14.0 Å². The van der Waals surface area contributed by atoms with Crippen molar-refractivity contribution >= 4 is 29.0 Å². The maximum absolute atomic E-state index is 14.4. The van der Waals surface area contributed by atoms with Gasteiger partial charge in [0.05, 0.1) is 23.5 Å². The third kappa shape index (κ3) is 4.91. The molecule has 4 heterocycles. The lowest BCUT2D eigenvalue weighted by atomic mass is 9.99. The van der Waals surface area contributed by atoms with E-state index in [1.807, 2.05) is 25.7 Å². The fourth-order valence-corrected chi connectivity index (χ4v) is 7.26. The zero-order chi connectivity index (χ0) is 28.0. The van der Waals surface area contributed by atoms with Crippen molar-refractivity contribution in [3.05, 3.63) is 42.1 Å². The van der Waals surface area contributed by atoms with E-state index in [1.54, 1.807) is 23.5 Å². The number of aromatic nitrogens is 2. The van der Waals surface area contributed by atoms with Gasteiger partial charge < -0.3 is 24.9 Å². The third-order valence-corrected chi connectivity index (χ3v) is 9.26. The Balaban J connectivity index is 1.19. The van der Waals surface area contributed by atoms with Crippen LogP contribution in [0.25, 0.3) is 0 Å². The van der Waals surface area contributed by atoms with Crippen molar-refractivity contribution in [2.24, 2.45) is 11.8 Å². The molecule has 0 radical (unpaired) electrons. The van der Waals surface area contributed by atoms with Crippen molar-refractivity contribution in [2.45, 2.75) is 64.6 Å². The molecule has 2 amide bonds. The van der Waals surface area contributed by atoms with Crippen LogP contribution in [0.2, 0.25) is 0 Å². The molecule has 6 rings (SSSR count). The van der Waals surface area contributed by atoms with Gasteiger partial charge in [-0.05, 0) is 76.5 Å². The minimum atomic E-state index is -0.434. The van der Waals surface area contributed by atoms with Gasteiger partial charge in [0, 0.05) is 51.4 Å². The van der Waals surface area contributed by atoms with Gasteiger partial charge in [-0.25, -0.2) is 14.4 Å². The van der Waals surface area contributed by atoms with Crippen LogP contribution in [0.3, 0.4) is 0 Å². The van der Waals surface area contributed by atoms with Crippen LogP contribution >= 0.6 is 0 Å². The van der Waals surface area contributed by atoms with Gasteiger partial charge in [-0.15, -0.1) is 0 Å². The maximum atomic E-state index is 14.4. The van der Waals surface area contributed by atoms with Gasteiger partial charge in [0.15, 0.2) is 5.82 Å². The molecule has 1 aliphatic carbocycles. The lowest BCUT2D eigenvalue weighted by Gasteiger charge is -2.39. The second kappa shape index (κ2) is 11.0. The zero-order valence-corrected chi connectivity index (χ0v) is 23.7. The Labute approximate surface area is 235 Å². The van der Waals surface area contributed by atoms with Crippen LogP contribution in [0.4, 0.5) is 21.6 Å². The standard InChI is InChI=1S/C30H40FN7O2/c1-4-37(19(2)3)29(39)24-14-22(31)6-8-25(24)38-12-11-35(28-26(38)15-32-18-33-28)16-20-9-10-36(17-20)30(40)27-21-5-7-23(13-21)34-27/h6,8,14-15,18-21,23,27,34H,4-5,7,9-13,16-17H2,1-3H3. The predicted molar refractivity (Wildman–Crippen MR) is 152 cm³/mol. The number of fused-ring (bicyclic) bond motifs is 3. The smallest absolute Gasteiger partial charge is 0.256 e. The lowest BCUT2D eigenvalue weighted by molar-refractivity contribution is -0.133. The van der Waals surface area contributed by atoms with Gasteiger partial charge in [0.1, 0.15) is 17.8 Å². The summed E-state index contributed by atoms with van der Waals surface area (Å²) < 4.78 is 14.4. The number of carbonyl (C=O) groups is 2. The van der Waals surface area contributed by atoms with Crippen LogP contribution < -0.4 is 15.1 Å². The van der Waals surface area contributed by atoms with Gasteiger partial charge in [-0.3, -0.25) is 9.59 Å². The van der Waals surface area contributed by atoms with E-state index < -0.39 is 5.82 Å². The summed E-state index contributed by atoms with van der Waals surface area (Å²) in [6.45, 7) is 10.1. The minimum Gasteiger partial charge on any atom is -0.353 e. The number of hydrogen-bond acceptors (Lipinski definition) is 7. The number of carbonyl (C=O) groups excluding carboxylic acids is 2. The van der Waals surface area contributed by atoms with Crippen molar-refractivity contribution in [3.8, 4) is 0 Å². The zero-order valence-electron chi connectivity index (χ0n) is 23.7. The molecule has 2 saturated heterocycles. The van der Waals surface area contributed by atoms with E-state index in [0.717, 1.165) is 44.0 Å². The number of benzene rings is 1.